The summed E-state index contributed by atoms with van der Waals surface area (Å²) in [4.78, 5) is 0. The molecule has 0 aromatic heterocycles. The highest BCUT2D eigenvalue weighted by molar-refractivity contribution is 5.85. The minimum Gasteiger partial charge on any atom is -0.321 e. The van der Waals surface area contributed by atoms with E-state index in [1.807, 2.05) is 0 Å². The van der Waals surface area contributed by atoms with E-state index in [1.54, 1.807) is 0 Å². The van der Waals surface area contributed by atoms with E-state index in [2.05, 4.69) is 0 Å². The molecule has 0 unspecified atom stereocenters. The fourth-order valence-electron chi connectivity index (χ4n) is 0. The van der Waals surface area contributed by atoms with Gasteiger partial charge in [-0.25, -0.2) is 8.78 Å². The Kier molecular flexibility index (Phi) is 3.68. The van der Waals surface area contributed by atoms with E-state index in [0.29, 0.717) is 0 Å². The Labute approximate surface area is 60.0 Å². The third-order valence-corrected chi connectivity index (χ3v) is 1.13. The zero-order chi connectivity index (χ0) is 7.00. The molecule has 0 rings (SSSR count). The molecule has 0 aliphatic heterocycles. The van der Waals surface area contributed by atoms with Crippen LogP contribution in [0, 0.1) is 0 Å². The first-order valence-electron chi connectivity index (χ1n) is 2.42. The number of rotatable bonds is 1. The normalized spacial score (nSPS) is 12.7. The molecule has 0 amide bonds. The first-order chi connectivity index (χ1) is 3.25. The highest BCUT2D eigenvalue weighted by Gasteiger charge is 2.37. The molecule has 0 atom stereocenters. The highest BCUT2D eigenvalue weighted by atomic mass is 35.5. The largest absolute Gasteiger partial charge is 0.321 e. The average Bonchev–Trinajstić information content (AvgIpc) is 1.25. The standard InChI is InChI=1S/C5H11F2N.ClH/c1-4(2,8)5(3,6)7;/h8H2,1-3H3;1H. The van der Waals surface area contributed by atoms with Gasteiger partial charge in [-0.05, 0) is 13.8 Å². The molecule has 0 aromatic carbocycles. The topological polar surface area (TPSA) is 26.0 Å². The van der Waals surface area contributed by atoms with Gasteiger partial charge in [-0.3, -0.25) is 0 Å². The summed E-state index contributed by atoms with van der Waals surface area (Å²) < 4.78 is 24.2. The molecule has 1 nitrogen and oxygen atoms in total. The van der Waals surface area contributed by atoms with Crippen molar-refractivity contribution in [2.75, 3.05) is 0 Å². The zero-order valence-electron chi connectivity index (χ0n) is 5.74. The van der Waals surface area contributed by atoms with Gasteiger partial charge < -0.3 is 5.73 Å². The van der Waals surface area contributed by atoms with E-state index in [4.69, 9.17) is 5.73 Å². The van der Waals surface area contributed by atoms with E-state index in [9.17, 15) is 8.78 Å². The van der Waals surface area contributed by atoms with Crippen LogP contribution < -0.4 is 5.73 Å². The SMILES string of the molecule is CC(C)(N)C(C)(F)F.Cl. The van der Waals surface area contributed by atoms with E-state index in [0.717, 1.165) is 6.92 Å². The van der Waals surface area contributed by atoms with Crippen molar-refractivity contribution in [3.8, 4) is 0 Å². The van der Waals surface area contributed by atoms with Crippen LogP contribution in [0.1, 0.15) is 20.8 Å². The fourth-order valence-corrected chi connectivity index (χ4v) is 0. The minimum absolute atomic E-state index is 0. The van der Waals surface area contributed by atoms with Crippen LogP contribution in [0.15, 0.2) is 0 Å². The van der Waals surface area contributed by atoms with Crippen LogP contribution in [-0.2, 0) is 0 Å². The lowest BCUT2D eigenvalue weighted by atomic mass is 10.00. The lowest BCUT2D eigenvalue weighted by Crippen LogP contribution is -2.48. The first-order valence-corrected chi connectivity index (χ1v) is 2.42. The molecule has 0 aliphatic rings. The molecule has 9 heavy (non-hydrogen) atoms. The molecule has 0 spiro atoms. The van der Waals surface area contributed by atoms with E-state index >= 15 is 0 Å². The highest BCUT2D eigenvalue weighted by Crippen LogP contribution is 2.24. The average molecular weight is 160 g/mol. The summed E-state index contributed by atoms with van der Waals surface area (Å²) in [6.07, 6.45) is 0. The maximum Gasteiger partial charge on any atom is 0.262 e. The van der Waals surface area contributed by atoms with Gasteiger partial charge in [0.25, 0.3) is 5.92 Å². The molecular formula is C5H12ClF2N. The Bertz CT molecular complexity index is 69.9. The van der Waals surface area contributed by atoms with Crippen molar-refractivity contribution in [3.05, 3.63) is 0 Å². The second kappa shape index (κ2) is 2.80. The Hall–Kier alpha value is 0.110. The van der Waals surface area contributed by atoms with Gasteiger partial charge in [0, 0.05) is 6.92 Å². The third-order valence-electron chi connectivity index (χ3n) is 1.13. The van der Waals surface area contributed by atoms with Crippen LogP contribution in [0.25, 0.3) is 0 Å². The van der Waals surface area contributed by atoms with E-state index < -0.39 is 11.5 Å². The lowest BCUT2D eigenvalue weighted by Gasteiger charge is -2.25. The molecule has 0 saturated heterocycles. The minimum atomic E-state index is -2.78. The van der Waals surface area contributed by atoms with Crippen LogP contribution in [0.5, 0.6) is 0 Å². The molecule has 2 N–H and O–H groups in total. The maximum absolute atomic E-state index is 12.1. The lowest BCUT2D eigenvalue weighted by molar-refractivity contribution is -0.0416. The Morgan fingerprint density at radius 3 is 1.22 bits per heavy atom. The second-order valence-electron chi connectivity index (χ2n) is 2.61. The molecule has 4 heteroatoms. The monoisotopic (exact) mass is 159 g/mol. The molecule has 0 heterocycles. The van der Waals surface area contributed by atoms with Crippen LogP contribution in [-0.4, -0.2) is 11.5 Å². The van der Waals surface area contributed by atoms with Gasteiger partial charge in [0.05, 0.1) is 5.54 Å². The molecule has 0 aliphatic carbocycles. The third kappa shape index (κ3) is 3.65. The number of hydrogen-bond acceptors (Lipinski definition) is 1. The van der Waals surface area contributed by atoms with Crippen LogP contribution >= 0.6 is 12.4 Å². The summed E-state index contributed by atoms with van der Waals surface area (Å²) in [6.45, 7) is 3.41. The molecule has 58 valence electrons. The predicted octanol–water partition coefficient (Wildman–Crippen LogP) is 1.80. The number of alkyl halides is 2. The Morgan fingerprint density at radius 2 is 1.22 bits per heavy atom. The number of hydrogen-bond donors (Lipinski definition) is 1. The molecule has 0 bridgehead atoms. The van der Waals surface area contributed by atoms with E-state index in [1.165, 1.54) is 13.8 Å². The summed E-state index contributed by atoms with van der Waals surface area (Å²) in [5.74, 6) is -2.78. The van der Waals surface area contributed by atoms with Gasteiger partial charge >= 0.3 is 0 Å². The van der Waals surface area contributed by atoms with Crippen molar-refractivity contribution < 1.29 is 8.78 Å². The van der Waals surface area contributed by atoms with Gasteiger partial charge in [0.1, 0.15) is 0 Å². The van der Waals surface area contributed by atoms with Crippen molar-refractivity contribution in [1.82, 2.24) is 0 Å². The van der Waals surface area contributed by atoms with Gasteiger partial charge in [0.15, 0.2) is 0 Å². The van der Waals surface area contributed by atoms with E-state index in [-0.39, 0.29) is 12.4 Å². The summed E-state index contributed by atoms with van der Waals surface area (Å²) in [5, 5.41) is 0. The molecule has 0 radical (unpaired) electrons. The fraction of sp³-hybridized carbons (Fsp3) is 1.00. The summed E-state index contributed by atoms with van der Waals surface area (Å²) in [6, 6.07) is 0. The van der Waals surface area contributed by atoms with Gasteiger partial charge in [0.2, 0.25) is 0 Å². The second-order valence-corrected chi connectivity index (χ2v) is 2.61. The molecule has 0 fully saturated rings. The number of nitrogens with two attached hydrogens (primary N) is 1. The van der Waals surface area contributed by atoms with Crippen LogP contribution in [0.3, 0.4) is 0 Å². The molecule has 0 aromatic rings. The molecule has 0 saturated carbocycles. The van der Waals surface area contributed by atoms with Gasteiger partial charge in [-0.1, -0.05) is 0 Å². The Balaban J connectivity index is 0. The van der Waals surface area contributed by atoms with Crippen LogP contribution in [0.2, 0.25) is 0 Å². The summed E-state index contributed by atoms with van der Waals surface area (Å²) in [7, 11) is 0. The van der Waals surface area contributed by atoms with Crippen molar-refractivity contribution in [2.45, 2.75) is 32.2 Å². The molecular weight excluding hydrogens is 148 g/mol. The smallest absolute Gasteiger partial charge is 0.262 e. The quantitative estimate of drug-likeness (QED) is 0.621. The number of halogens is 3. The first kappa shape index (κ1) is 11.9. The van der Waals surface area contributed by atoms with Crippen molar-refractivity contribution >= 4 is 12.4 Å². The maximum atomic E-state index is 12.1. The van der Waals surface area contributed by atoms with Crippen molar-refractivity contribution in [1.29, 1.82) is 0 Å². The van der Waals surface area contributed by atoms with Crippen LogP contribution in [0.4, 0.5) is 8.78 Å². The Morgan fingerprint density at radius 1 is 1.11 bits per heavy atom. The van der Waals surface area contributed by atoms with Gasteiger partial charge in [-0.15, -0.1) is 12.4 Å². The zero-order valence-corrected chi connectivity index (χ0v) is 6.56. The van der Waals surface area contributed by atoms with Crippen molar-refractivity contribution in [2.24, 2.45) is 5.73 Å². The summed E-state index contributed by atoms with van der Waals surface area (Å²) in [5.41, 5.74) is 3.67. The summed E-state index contributed by atoms with van der Waals surface area (Å²) >= 11 is 0. The van der Waals surface area contributed by atoms with Crippen molar-refractivity contribution in [3.63, 3.8) is 0 Å². The predicted molar refractivity (Wildman–Crippen MR) is 36.1 cm³/mol. The van der Waals surface area contributed by atoms with Gasteiger partial charge in [-0.2, -0.15) is 0 Å².